The van der Waals surface area contributed by atoms with E-state index in [4.69, 9.17) is 5.26 Å². The molecular formula is C12H9FN2O. The van der Waals surface area contributed by atoms with E-state index in [1.54, 1.807) is 13.0 Å². The average Bonchev–Trinajstić information content (AvgIpc) is 2.24. The number of fused-ring (bicyclic) bond motifs is 1. The van der Waals surface area contributed by atoms with Gasteiger partial charge in [-0.2, -0.15) is 5.26 Å². The van der Waals surface area contributed by atoms with E-state index < -0.39 is 5.82 Å². The highest BCUT2D eigenvalue weighted by Gasteiger charge is 2.09. The first-order valence-electron chi connectivity index (χ1n) is 4.81. The first kappa shape index (κ1) is 10.4. The summed E-state index contributed by atoms with van der Waals surface area (Å²) >= 11 is 0. The summed E-state index contributed by atoms with van der Waals surface area (Å²) in [5.74, 6) is -0.478. The molecule has 3 nitrogen and oxygen atoms in total. The molecule has 1 aromatic carbocycles. The number of para-hydroxylation sites is 1. The normalized spacial score (nSPS) is 10.3. The minimum Gasteiger partial charge on any atom is -0.328 e. The number of hydrogen-bond acceptors (Lipinski definition) is 2. The van der Waals surface area contributed by atoms with Gasteiger partial charge in [0.1, 0.15) is 12.4 Å². The Morgan fingerprint density at radius 3 is 2.94 bits per heavy atom. The third-order valence-electron chi connectivity index (χ3n) is 2.52. The second kappa shape index (κ2) is 3.78. The molecule has 4 heteroatoms. The van der Waals surface area contributed by atoms with Crippen LogP contribution in [0.3, 0.4) is 0 Å². The van der Waals surface area contributed by atoms with E-state index in [1.165, 1.54) is 22.8 Å². The lowest BCUT2D eigenvalue weighted by molar-refractivity contribution is 0.626. The Morgan fingerprint density at radius 1 is 1.50 bits per heavy atom. The van der Waals surface area contributed by atoms with Crippen molar-refractivity contribution in [2.45, 2.75) is 13.5 Å². The molecule has 2 rings (SSSR count). The van der Waals surface area contributed by atoms with Gasteiger partial charge in [-0.25, -0.2) is 4.39 Å². The maximum Gasteiger partial charge on any atom is 0.189 e. The first-order chi connectivity index (χ1) is 7.65. The van der Waals surface area contributed by atoms with Gasteiger partial charge in [0, 0.05) is 17.1 Å². The quantitative estimate of drug-likeness (QED) is 0.731. The molecule has 0 aliphatic rings. The summed E-state index contributed by atoms with van der Waals surface area (Å²) in [6.07, 6.45) is 0. The fraction of sp³-hybridized carbons (Fsp3) is 0.167. The standard InChI is InChI=1S/C12H9FN2O/c1-8-7-11(16)9-3-2-4-10(13)12(9)15(8)6-5-14/h2-4,7H,6H2,1H3. The molecule has 1 heterocycles. The highest BCUT2D eigenvalue weighted by molar-refractivity contribution is 5.79. The van der Waals surface area contributed by atoms with E-state index in [9.17, 15) is 9.18 Å². The molecule has 0 saturated heterocycles. The van der Waals surface area contributed by atoms with Crippen molar-refractivity contribution in [3.8, 4) is 6.07 Å². The molecule has 0 radical (unpaired) electrons. The van der Waals surface area contributed by atoms with Crippen LogP contribution in [0.5, 0.6) is 0 Å². The van der Waals surface area contributed by atoms with Crippen LogP contribution < -0.4 is 5.43 Å². The molecule has 0 N–H and O–H groups in total. The van der Waals surface area contributed by atoms with Gasteiger partial charge >= 0.3 is 0 Å². The van der Waals surface area contributed by atoms with E-state index in [1.807, 2.05) is 6.07 Å². The highest BCUT2D eigenvalue weighted by atomic mass is 19.1. The predicted octanol–water partition coefficient (Wildman–Crippen LogP) is 1.97. The molecule has 0 unspecified atom stereocenters. The second-order valence-corrected chi connectivity index (χ2v) is 3.53. The Morgan fingerprint density at radius 2 is 2.25 bits per heavy atom. The summed E-state index contributed by atoms with van der Waals surface area (Å²) in [6, 6.07) is 7.72. The number of aryl methyl sites for hydroxylation is 1. The van der Waals surface area contributed by atoms with Crippen LogP contribution in [-0.4, -0.2) is 4.57 Å². The van der Waals surface area contributed by atoms with Gasteiger partial charge in [-0.3, -0.25) is 4.79 Å². The number of nitriles is 1. The number of pyridine rings is 1. The molecule has 0 fully saturated rings. The van der Waals surface area contributed by atoms with Gasteiger partial charge in [0.25, 0.3) is 0 Å². The fourth-order valence-electron chi connectivity index (χ4n) is 1.78. The molecule has 1 aromatic heterocycles. The smallest absolute Gasteiger partial charge is 0.189 e. The Bertz CT molecular complexity index is 652. The van der Waals surface area contributed by atoms with Crippen LogP contribution in [0.4, 0.5) is 4.39 Å². The van der Waals surface area contributed by atoms with Crippen LogP contribution in [0, 0.1) is 24.1 Å². The number of aromatic nitrogens is 1. The van der Waals surface area contributed by atoms with Crippen molar-refractivity contribution in [1.29, 1.82) is 5.26 Å². The van der Waals surface area contributed by atoms with Crippen LogP contribution in [-0.2, 0) is 6.54 Å². The van der Waals surface area contributed by atoms with E-state index in [-0.39, 0.29) is 17.5 Å². The van der Waals surface area contributed by atoms with Crippen LogP contribution >= 0.6 is 0 Å². The van der Waals surface area contributed by atoms with Crippen molar-refractivity contribution in [3.63, 3.8) is 0 Å². The summed E-state index contributed by atoms with van der Waals surface area (Å²) in [5, 5.41) is 9.00. The first-order valence-corrected chi connectivity index (χ1v) is 4.81. The maximum absolute atomic E-state index is 13.7. The van der Waals surface area contributed by atoms with Crippen LogP contribution in [0.2, 0.25) is 0 Å². The molecule has 0 spiro atoms. The van der Waals surface area contributed by atoms with Crippen molar-refractivity contribution < 1.29 is 4.39 Å². The van der Waals surface area contributed by atoms with Gasteiger partial charge in [0.05, 0.1) is 11.6 Å². The number of halogens is 1. The summed E-state index contributed by atoms with van der Waals surface area (Å²) in [5.41, 5.74) is 0.569. The number of benzene rings is 1. The average molecular weight is 216 g/mol. The zero-order valence-electron chi connectivity index (χ0n) is 8.70. The zero-order valence-corrected chi connectivity index (χ0v) is 8.70. The lowest BCUT2D eigenvalue weighted by Crippen LogP contribution is -2.12. The van der Waals surface area contributed by atoms with E-state index in [0.717, 1.165) is 0 Å². The third-order valence-corrected chi connectivity index (χ3v) is 2.52. The largest absolute Gasteiger partial charge is 0.328 e. The van der Waals surface area contributed by atoms with E-state index in [0.29, 0.717) is 11.1 Å². The fourth-order valence-corrected chi connectivity index (χ4v) is 1.78. The molecular weight excluding hydrogens is 207 g/mol. The molecule has 0 atom stereocenters. The Hall–Kier alpha value is -2.15. The molecule has 0 aliphatic heterocycles. The maximum atomic E-state index is 13.7. The van der Waals surface area contributed by atoms with Crippen molar-refractivity contribution in [2.24, 2.45) is 0 Å². The van der Waals surface area contributed by atoms with Gasteiger partial charge in [-0.1, -0.05) is 6.07 Å². The van der Waals surface area contributed by atoms with Crippen molar-refractivity contribution in [3.05, 3.63) is 46.0 Å². The highest BCUT2D eigenvalue weighted by Crippen LogP contribution is 2.16. The molecule has 0 aliphatic carbocycles. The van der Waals surface area contributed by atoms with Gasteiger partial charge < -0.3 is 4.57 Å². The summed E-state index contributed by atoms with van der Waals surface area (Å²) in [7, 11) is 0. The van der Waals surface area contributed by atoms with Gasteiger partial charge in [0.15, 0.2) is 5.43 Å². The zero-order chi connectivity index (χ0) is 11.7. The van der Waals surface area contributed by atoms with Crippen LogP contribution in [0.15, 0.2) is 29.1 Å². The Labute approximate surface area is 91.4 Å². The third kappa shape index (κ3) is 1.47. The predicted molar refractivity (Wildman–Crippen MR) is 58.5 cm³/mol. The number of hydrogen-bond donors (Lipinski definition) is 0. The molecule has 0 saturated carbocycles. The topological polar surface area (TPSA) is 45.8 Å². The number of nitrogens with zero attached hydrogens (tertiary/aromatic N) is 2. The SMILES string of the molecule is Cc1cc(=O)c2cccc(F)c2n1CC#N. The molecule has 0 bridgehead atoms. The van der Waals surface area contributed by atoms with E-state index in [2.05, 4.69) is 0 Å². The molecule has 2 aromatic rings. The lowest BCUT2D eigenvalue weighted by atomic mass is 10.1. The number of rotatable bonds is 1. The van der Waals surface area contributed by atoms with Crippen molar-refractivity contribution >= 4 is 10.9 Å². The van der Waals surface area contributed by atoms with Gasteiger partial charge in [-0.05, 0) is 19.1 Å². The second-order valence-electron chi connectivity index (χ2n) is 3.53. The summed E-state index contributed by atoms with van der Waals surface area (Å²) in [4.78, 5) is 11.6. The summed E-state index contributed by atoms with van der Waals surface area (Å²) < 4.78 is 15.2. The molecule has 0 amide bonds. The molecule has 80 valence electrons. The lowest BCUT2D eigenvalue weighted by Gasteiger charge is -2.11. The van der Waals surface area contributed by atoms with Crippen molar-refractivity contribution in [2.75, 3.05) is 0 Å². The monoisotopic (exact) mass is 216 g/mol. The minimum atomic E-state index is -0.478. The van der Waals surface area contributed by atoms with Crippen LogP contribution in [0.1, 0.15) is 5.69 Å². The minimum absolute atomic E-state index is 0.0313. The van der Waals surface area contributed by atoms with Crippen molar-refractivity contribution in [1.82, 2.24) is 4.57 Å². The summed E-state index contributed by atoms with van der Waals surface area (Å²) in [6.45, 7) is 1.72. The van der Waals surface area contributed by atoms with Gasteiger partial charge in [0.2, 0.25) is 0 Å². The van der Waals surface area contributed by atoms with E-state index >= 15 is 0 Å². The molecule has 16 heavy (non-hydrogen) atoms. The Balaban J connectivity index is 2.99. The van der Waals surface area contributed by atoms with Gasteiger partial charge in [-0.15, -0.1) is 0 Å². The van der Waals surface area contributed by atoms with Crippen LogP contribution in [0.25, 0.3) is 10.9 Å². The Kier molecular flexibility index (Phi) is 2.45.